The summed E-state index contributed by atoms with van der Waals surface area (Å²) in [5.41, 5.74) is -0.827. The van der Waals surface area contributed by atoms with Gasteiger partial charge in [0.2, 0.25) is 0 Å². The molecule has 0 saturated carbocycles. The molecule has 0 aromatic heterocycles. The van der Waals surface area contributed by atoms with Crippen LogP contribution in [0.15, 0.2) is 29.2 Å². The molecule has 122 valence electrons. The highest BCUT2D eigenvalue weighted by Crippen LogP contribution is 2.23. The van der Waals surface area contributed by atoms with Crippen molar-refractivity contribution in [3.63, 3.8) is 0 Å². The van der Waals surface area contributed by atoms with Gasteiger partial charge in [0.15, 0.2) is 15.9 Å². The summed E-state index contributed by atoms with van der Waals surface area (Å²) in [5, 5.41) is 11.5. The van der Waals surface area contributed by atoms with E-state index in [2.05, 4.69) is 5.32 Å². The number of hydrogen-bond acceptors (Lipinski definition) is 5. The maximum atomic E-state index is 11.8. The number of hydrogen-bond donors (Lipinski definition) is 2. The Bertz CT molecular complexity index is 675. The summed E-state index contributed by atoms with van der Waals surface area (Å²) in [5.74, 6) is -1.39. The van der Waals surface area contributed by atoms with Crippen LogP contribution in [0.4, 0.5) is 4.79 Å². The lowest BCUT2D eigenvalue weighted by Gasteiger charge is -2.22. The van der Waals surface area contributed by atoms with Crippen molar-refractivity contribution in [1.82, 2.24) is 5.32 Å². The molecule has 1 amide bonds. The Morgan fingerprint density at radius 2 is 1.77 bits per heavy atom. The van der Waals surface area contributed by atoms with E-state index in [0.29, 0.717) is 0 Å². The lowest BCUT2D eigenvalue weighted by Crippen LogP contribution is -2.38. The van der Waals surface area contributed by atoms with Crippen molar-refractivity contribution in [1.29, 1.82) is 0 Å². The van der Waals surface area contributed by atoms with E-state index in [1.165, 1.54) is 24.3 Å². The molecule has 0 aliphatic heterocycles. The van der Waals surface area contributed by atoms with Crippen molar-refractivity contribution in [3.8, 4) is 0 Å². The van der Waals surface area contributed by atoms with Crippen molar-refractivity contribution in [2.45, 2.75) is 37.3 Å². The van der Waals surface area contributed by atoms with Crippen LogP contribution in [0, 0.1) is 0 Å². The third-order valence-corrected chi connectivity index (χ3v) is 3.71. The number of nitrogens with one attached hydrogen (secondary N) is 1. The van der Waals surface area contributed by atoms with E-state index in [1.807, 2.05) is 0 Å². The number of carboxylic acid groups (broad SMARTS) is 1. The highest BCUT2D eigenvalue weighted by atomic mass is 32.2. The molecule has 0 saturated heterocycles. The van der Waals surface area contributed by atoms with E-state index in [4.69, 9.17) is 4.74 Å². The van der Waals surface area contributed by atoms with Crippen LogP contribution < -0.4 is 5.32 Å². The first-order valence-corrected chi connectivity index (χ1v) is 8.32. The van der Waals surface area contributed by atoms with Gasteiger partial charge in [0.1, 0.15) is 5.60 Å². The van der Waals surface area contributed by atoms with Gasteiger partial charge in [-0.2, -0.15) is 0 Å². The van der Waals surface area contributed by atoms with Crippen LogP contribution in [-0.2, 0) is 19.4 Å². The number of carbonyl (C=O) groups is 2. The molecule has 22 heavy (non-hydrogen) atoms. The second-order valence-corrected chi connectivity index (χ2v) is 7.71. The molecule has 2 N–H and O–H groups in total. The monoisotopic (exact) mass is 329 g/mol. The van der Waals surface area contributed by atoms with Crippen molar-refractivity contribution < 1.29 is 27.9 Å². The third-order valence-electron chi connectivity index (χ3n) is 2.54. The molecular weight excluding hydrogens is 310 g/mol. The molecule has 0 heterocycles. The molecule has 0 fully saturated rings. The van der Waals surface area contributed by atoms with Crippen LogP contribution >= 0.6 is 0 Å². The largest absolute Gasteiger partial charge is 0.479 e. The lowest BCUT2D eigenvalue weighted by molar-refractivity contribution is -0.139. The minimum atomic E-state index is -3.64. The van der Waals surface area contributed by atoms with Gasteiger partial charge >= 0.3 is 12.1 Å². The maximum Gasteiger partial charge on any atom is 0.408 e. The molecule has 0 spiro atoms. The summed E-state index contributed by atoms with van der Waals surface area (Å²) in [6.45, 7) is 4.90. The number of carboxylic acids is 1. The van der Waals surface area contributed by atoms with Crippen LogP contribution in [0.25, 0.3) is 0 Å². The van der Waals surface area contributed by atoms with Crippen LogP contribution in [0.1, 0.15) is 32.4 Å². The van der Waals surface area contributed by atoms with E-state index >= 15 is 0 Å². The number of sulfone groups is 1. The summed E-state index contributed by atoms with van der Waals surface area (Å²) in [4.78, 5) is 23.0. The average Bonchev–Trinajstić information content (AvgIpc) is 2.32. The fourth-order valence-electron chi connectivity index (χ4n) is 1.75. The number of carbonyl (C=O) groups excluding carboxylic acids is 1. The highest BCUT2D eigenvalue weighted by molar-refractivity contribution is 7.90. The molecule has 7 nitrogen and oxygen atoms in total. The summed E-state index contributed by atoms with van der Waals surface area (Å²) in [7, 11) is -3.64. The minimum Gasteiger partial charge on any atom is -0.479 e. The minimum absolute atomic E-state index is 0.0247. The van der Waals surface area contributed by atoms with Crippen molar-refractivity contribution in [2.75, 3.05) is 6.26 Å². The Balaban J connectivity index is 3.19. The third kappa shape index (κ3) is 5.03. The predicted octanol–water partition coefficient (Wildman–Crippen LogP) is 1.74. The molecule has 0 aliphatic rings. The zero-order valence-corrected chi connectivity index (χ0v) is 13.6. The second kappa shape index (κ2) is 6.35. The molecule has 1 unspecified atom stereocenters. The van der Waals surface area contributed by atoms with Crippen LogP contribution in [0.5, 0.6) is 0 Å². The predicted molar refractivity (Wildman–Crippen MR) is 79.3 cm³/mol. The van der Waals surface area contributed by atoms with Gasteiger partial charge in [0.05, 0.1) is 4.90 Å². The van der Waals surface area contributed by atoms with Gasteiger partial charge < -0.3 is 15.2 Å². The molecule has 8 heteroatoms. The van der Waals surface area contributed by atoms with Gasteiger partial charge in [-0.1, -0.05) is 18.2 Å². The number of aliphatic carboxylic acids is 1. The summed E-state index contributed by atoms with van der Waals surface area (Å²) in [6.07, 6.45) is 0.0290. The number of alkyl carbamates (subject to hydrolysis) is 1. The van der Waals surface area contributed by atoms with Crippen LogP contribution in [-0.4, -0.2) is 37.4 Å². The van der Waals surface area contributed by atoms with E-state index in [1.54, 1.807) is 20.8 Å². The first kappa shape index (κ1) is 18.0. The summed E-state index contributed by atoms with van der Waals surface area (Å²) in [6, 6.07) is 4.08. The van der Waals surface area contributed by atoms with Gasteiger partial charge in [-0.05, 0) is 26.8 Å². The van der Waals surface area contributed by atoms with E-state index in [0.717, 1.165) is 6.26 Å². The zero-order valence-electron chi connectivity index (χ0n) is 12.8. The highest BCUT2D eigenvalue weighted by Gasteiger charge is 2.29. The number of ether oxygens (including phenoxy) is 1. The van der Waals surface area contributed by atoms with E-state index in [-0.39, 0.29) is 10.5 Å². The molecule has 0 radical (unpaired) electrons. The van der Waals surface area contributed by atoms with Gasteiger partial charge in [-0.15, -0.1) is 0 Å². The van der Waals surface area contributed by atoms with Gasteiger partial charge in [-0.3, -0.25) is 0 Å². The molecule has 1 aromatic carbocycles. The van der Waals surface area contributed by atoms with Crippen molar-refractivity contribution in [3.05, 3.63) is 29.8 Å². The molecule has 1 rings (SSSR count). The van der Waals surface area contributed by atoms with Gasteiger partial charge in [0.25, 0.3) is 0 Å². The lowest BCUT2D eigenvalue weighted by atomic mass is 10.1. The molecule has 0 aliphatic carbocycles. The number of amides is 1. The molecular formula is C14H19NO6S. The SMILES string of the molecule is CC(C)(C)OC(=O)NC(C(=O)O)c1ccccc1S(C)(=O)=O. The topological polar surface area (TPSA) is 110 Å². The normalized spacial score (nSPS) is 13.3. The zero-order chi connectivity index (χ0) is 17.1. The Hall–Kier alpha value is -2.09. The van der Waals surface area contributed by atoms with E-state index in [9.17, 15) is 23.1 Å². The van der Waals surface area contributed by atoms with Crippen LogP contribution in [0.3, 0.4) is 0 Å². The maximum absolute atomic E-state index is 11.8. The van der Waals surface area contributed by atoms with Crippen molar-refractivity contribution in [2.24, 2.45) is 0 Å². The average molecular weight is 329 g/mol. The smallest absolute Gasteiger partial charge is 0.408 e. The quantitative estimate of drug-likeness (QED) is 0.870. The fraction of sp³-hybridized carbons (Fsp3) is 0.429. The fourth-order valence-corrected chi connectivity index (χ4v) is 2.69. The Morgan fingerprint density at radius 3 is 2.23 bits per heavy atom. The first-order chi connectivity index (χ1) is 9.92. The molecule has 1 aromatic rings. The summed E-state index contributed by atoms with van der Waals surface area (Å²) < 4.78 is 28.5. The Labute approximate surface area is 129 Å². The Kier molecular flexibility index (Phi) is 5.18. The molecule has 1 atom stereocenters. The summed E-state index contributed by atoms with van der Waals surface area (Å²) >= 11 is 0. The number of rotatable bonds is 4. The van der Waals surface area contributed by atoms with Crippen LogP contribution in [0.2, 0.25) is 0 Å². The first-order valence-electron chi connectivity index (χ1n) is 6.43. The van der Waals surface area contributed by atoms with Gasteiger partial charge in [-0.25, -0.2) is 18.0 Å². The van der Waals surface area contributed by atoms with Gasteiger partial charge in [0, 0.05) is 11.8 Å². The second-order valence-electron chi connectivity index (χ2n) is 5.73. The number of benzene rings is 1. The van der Waals surface area contributed by atoms with Crippen molar-refractivity contribution >= 4 is 21.9 Å². The Morgan fingerprint density at radius 1 is 1.23 bits per heavy atom. The molecule has 0 bridgehead atoms. The van der Waals surface area contributed by atoms with E-state index < -0.39 is 33.5 Å². The standard InChI is InChI=1S/C14H19NO6S/c1-14(2,3)21-13(18)15-11(12(16)17)9-7-5-6-8-10(9)22(4,19)20/h5-8,11H,1-4H3,(H,15,18)(H,16,17).